The molecule has 0 fully saturated rings. The molecule has 2 heteroatoms. The van der Waals surface area contributed by atoms with Crippen LogP contribution in [0.2, 0.25) is 0 Å². The van der Waals surface area contributed by atoms with Gasteiger partial charge in [-0.1, -0.05) is 0 Å². The fraction of sp³-hybridized carbons (Fsp3) is 0. The van der Waals surface area contributed by atoms with Crippen LogP contribution in [0.3, 0.4) is 0 Å². The monoisotopic (exact) mass is 134 g/mol. The molecule has 2 rings (SSSR count). The van der Waals surface area contributed by atoms with Crippen molar-refractivity contribution >= 4 is 22.1 Å². The minimum Gasteiger partial charge on any atom is -0.254 e. The Morgan fingerprint density at radius 1 is 1.33 bits per heavy atom. The highest BCUT2D eigenvalue weighted by Gasteiger charge is 1.89. The van der Waals surface area contributed by atoms with E-state index in [1.807, 2.05) is 12.3 Å². The number of pyridine rings is 1. The maximum Gasteiger partial charge on any atom is 0.0893 e. The molecule has 0 saturated heterocycles. The predicted octanol–water partition coefficient (Wildman–Crippen LogP) is 2.10. The third kappa shape index (κ3) is 0.715. The van der Waals surface area contributed by atoms with E-state index in [1.54, 1.807) is 11.3 Å². The van der Waals surface area contributed by atoms with Crippen LogP contribution >= 0.6 is 11.3 Å². The minimum absolute atomic E-state index is 1.21. The number of nitrogens with zero attached hydrogens (tertiary/aromatic N) is 1. The maximum atomic E-state index is 3.87. The summed E-state index contributed by atoms with van der Waals surface area (Å²) >= 11 is 1.69. The Morgan fingerprint density at radius 2 is 2.22 bits per heavy atom. The largest absolute Gasteiger partial charge is 0.254 e. The number of hydrogen-bond donors (Lipinski definition) is 0. The summed E-state index contributed by atoms with van der Waals surface area (Å²) in [5, 5.41) is 6.61. The molecule has 0 saturated carbocycles. The maximum absolute atomic E-state index is 3.87. The van der Waals surface area contributed by atoms with Crippen molar-refractivity contribution in [3.63, 3.8) is 0 Å². The third-order valence-electron chi connectivity index (χ3n) is 1.22. The lowest BCUT2D eigenvalue weighted by Crippen LogP contribution is -1.66. The van der Waals surface area contributed by atoms with Crippen LogP contribution in [0.25, 0.3) is 10.8 Å². The van der Waals surface area contributed by atoms with Crippen molar-refractivity contribution in [3.05, 3.63) is 29.2 Å². The van der Waals surface area contributed by atoms with Crippen LogP contribution in [0.1, 0.15) is 0 Å². The average molecular weight is 134 g/mol. The molecule has 0 aromatic carbocycles. The van der Waals surface area contributed by atoms with E-state index in [0.717, 1.165) is 0 Å². The van der Waals surface area contributed by atoms with Gasteiger partial charge in [0.2, 0.25) is 0 Å². The van der Waals surface area contributed by atoms with Crippen molar-refractivity contribution in [1.82, 2.24) is 4.98 Å². The number of thiophene rings is 1. The summed E-state index contributed by atoms with van der Waals surface area (Å²) in [6.45, 7) is 0. The zero-order valence-corrected chi connectivity index (χ0v) is 5.48. The van der Waals surface area contributed by atoms with Gasteiger partial charge in [0.25, 0.3) is 0 Å². The molecule has 0 atom stereocenters. The highest BCUT2D eigenvalue weighted by atomic mass is 32.1. The standard InChI is InChI=1S/C7H4NS/c1-2-8-3-7-5-9-4-6(1)7/h1,3-5H. The smallest absolute Gasteiger partial charge is 0.0893 e. The molecule has 0 N–H and O–H groups in total. The molecule has 0 amide bonds. The van der Waals surface area contributed by atoms with Gasteiger partial charge in [0, 0.05) is 17.0 Å². The second kappa shape index (κ2) is 1.81. The van der Waals surface area contributed by atoms with Gasteiger partial charge in [0.15, 0.2) is 0 Å². The van der Waals surface area contributed by atoms with E-state index in [9.17, 15) is 0 Å². The van der Waals surface area contributed by atoms with Gasteiger partial charge in [0.1, 0.15) is 0 Å². The third-order valence-corrected chi connectivity index (χ3v) is 2.00. The number of rotatable bonds is 0. The van der Waals surface area contributed by atoms with E-state index >= 15 is 0 Å². The number of aromatic nitrogens is 1. The summed E-state index contributed by atoms with van der Waals surface area (Å²) in [6, 6.07) is 1.89. The zero-order valence-electron chi connectivity index (χ0n) is 4.66. The molecule has 0 aliphatic heterocycles. The first-order chi connectivity index (χ1) is 4.47. The van der Waals surface area contributed by atoms with Crippen molar-refractivity contribution in [1.29, 1.82) is 0 Å². The van der Waals surface area contributed by atoms with Gasteiger partial charge in [-0.2, -0.15) is 11.3 Å². The Balaban J connectivity index is 2.95. The average Bonchev–Trinajstić information content (AvgIpc) is 2.33. The first-order valence-electron chi connectivity index (χ1n) is 2.65. The van der Waals surface area contributed by atoms with Crippen LogP contribution in [-0.2, 0) is 0 Å². The molecule has 0 aliphatic carbocycles. The normalized spacial score (nSPS) is 10.2. The Morgan fingerprint density at radius 3 is 3.11 bits per heavy atom. The molecule has 43 valence electrons. The Kier molecular flexibility index (Phi) is 0.993. The van der Waals surface area contributed by atoms with E-state index in [4.69, 9.17) is 0 Å². The summed E-state index contributed by atoms with van der Waals surface area (Å²) in [5.74, 6) is 0. The van der Waals surface area contributed by atoms with E-state index < -0.39 is 0 Å². The van der Waals surface area contributed by atoms with Gasteiger partial charge in [-0.05, 0) is 16.8 Å². The molecular formula is C7H4NS. The van der Waals surface area contributed by atoms with Gasteiger partial charge in [-0.15, -0.1) is 0 Å². The summed E-state index contributed by atoms with van der Waals surface area (Å²) in [7, 11) is 0. The summed E-state index contributed by atoms with van der Waals surface area (Å²) in [6.07, 6.45) is 4.60. The fourth-order valence-electron chi connectivity index (χ4n) is 0.753. The van der Waals surface area contributed by atoms with Crippen LogP contribution in [-0.4, -0.2) is 4.98 Å². The van der Waals surface area contributed by atoms with E-state index in [0.29, 0.717) is 0 Å². The SMILES string of the molecule is [c]1cc2cscc2cn1. The van der Waals surface area contributed by atoms with Gasteiger partial charge in [-0.3, -0.25) is 4.98 Å². The summed E-state index contributed by atoms with van der Waals surface area (Å²) in [5.41, 5.74) is 0. The Bertz CT molecular complexity index is 283. The first kappa shape index (κ1) is 4.94. The highest BCUT2D eigenvalue weighted by molar-refractivity contribution is 7.09. The van der Waals surface area contributed by atoms with Crippen LogP contribution in [0.5, 0.6) is 0 Å². The van der Waals surface area contributed by atoms with Crippen molar-refractivity contribution in [2.75, 3.05) is 0 Å². The lowest BCUT2D eigenvalue weighted by molar-refractivity contribution is 1.35. The van der Waals surface area contributed by atoms with Crippen LogP contribution in [0.15, 0.2) is 23.0 Å². The van der Waals surface area contributed by atoms with Crippen LogP contribution < -0.4 is 0 Å². The van der Waals surface area contributed by atoms with Crippen LogP contribution in [0, 0.1) is 6.20 Å². The molecule has 2 aromatic heterocycles. The first-order valence-corrected chi connectivity index (χ1v) is 3.59. The van der Waals surface area contributed by atoms with E-state index in [2.05, 4.69) is 21.9 Å². The molecule has 2 heterocycles. The summed E-state index contributed by atoms with van der Waals surface area (Å²) < 4.78 is 0. The van der Waals surface area contributed by atoms with Crippen molar-refractivity contribution in [2.45, 2.75) is 0 Å². The number of fused-ring (bicyclic) bond motifs is 1. The second-order valence-electron chi connectivity index (χ2n) is 1.81. The lowest BCUT2D eigenvalue weighted by atomic mass is 10.3. The highest BCUT2D eigenvalue weighted by Crippen LogP contribution is 2.15. The van der Waals surface area contributed by atoms with Gasteiger partial charge in [0.05, 0.1) is 6.20 Å². The minimum atomic E-state index is 1.21. The number of hydrogen-bond acceptors (Lipinski definition) is 2. The lowest BCUT2D eigenvalue weighted by Gasteiger charge is -1.81. The van der Waals surface area contributed by atoms with Crippen molar-refractivity contribution in [2.24, 2.45) is 0 Å². The topological polar surface area (TPSA) is 12.9 Å². The van der Waals surface area contributed by atoms with Crippen LogP contribution in [0.4, 0.5) is 0 Å². The van der Waals surface area contributed by atoms with Gasteiger partial charge >= 0.3 is 0 Å². The Labute approximate surface area is 57.0 Å². The summed E-state index contributed by atoms with van der Waals surface area (Å²) in [4.78, 5) is 3.87. The molecule has 0 aliphatic rings. The molecule has 1 nitrogen and oxygen atoms in total. The van der Waals surface area contributed by atoms with Gasteiger partial charge < -0.3 is 0 Å². The molecular weight excluding hydrogens is 130 g/mol. The van der Waals surface area contributed by atoms with Crippen molar-refractivity contribution < 1.29 is 0 Å². The molecule has 0 unspecified atom stereocenters. The molecule has 9 heavy (non-hydrogen) atoms. The molecule has 1 radical (unpaired) electrons. The second-order valence-corrected chi connectivity index (χ2v) is 2.56. The van der Waals surface area contributed by atoms with E-state index in [-0.39, 0.29) is 0 Å². The Hall–Kier alpha value is -0.890. The van der Waals surface area contributed by atoms with Crippen molar-refractivity contribution in [3.8, 4) is 0 Å². The fourth-order valence-corrected chi connectivity index (χ4v) is 1.51. The molecule has 0 spiro atoms. The van der Waals surface area contributed by atoms with E-state index in [1.165, 1.54) is 10.8 Å². The zero-order chi connectivity index (χ0) is 6.10. The molecule has 2 aromatic rings. The van der Waals surface area contributed by atoms with Gasteiger partial charge in [-0.25, -0.2) is 0 Å². The quantitative estimate of drug-likeness (QED) is 0.537. The molecule has 0 bridgehead atoms. The predicted molar refractivity (Wildman–Crippen MR) is 38.5 cm³/mol.